The summed E-state index contributed by atoms with van der Waals surface area (Å²) in [6.07, 6.45) is 1.57. The Bertz CT molecular complexity index is 1930. The van der Waals surface area contributed by atoms with Gasteiger partial charge in [0.25, 0.3) is 11.2 Å². The average molecular weight is 573 g/mol. The van der Waals surface area contributed by atoms with Gasteiger partial charge in [0.15, 0.2) is 4.80 Å². The van der Waals surface area contributed by atoms with Crippen LogP contribution in [0.3, 0.4) is 0 Å². The largest absolute Gasteiger partial charge is 0.466 e. The third kappa shape index (κ3) is 5.13. The zero-order valence-corrected chi connectivity index (χ0v) is 22.4. The first-order valence-corrected chi connectivity index (χ1v) is 12.9. The van der Waals surface area contributed by atoms with E-state index in [-0.39, 0.29) is 21.6 Å². The van der Waals surface area contributed by atoms with Crippen LogP contribution < -0.4 is 19.6 Å². The fourth-order valence-electron chi connectivity index (χ4n) is 4.44. The highest BCUT2D eigenvalue weighted by atomic mass is 32.1. The lowest BCUT2D eigenvalue weighted by Crippen LogP contribution is -2.39. The summed E-state index contributed by atoms with van der Waals surface area (Å²) in [5.41, 5.74) is 0.344. The molecule has 0 N–H and O–H groups in total. The molecule has 3 aromatic carbocycles. The predicted octanol–water partition coefficient (Wildman–Crippen LogP) is 4.02. The van der Waals surface area contributed by atoms with Crippen LogP contribution in [0.5, 0.6) is 11.5 Å². The summed E-state index contributed by atoms with van der Waals surface area (Å²) in [6, 6.07) is 17.9. The molecule has 0 bridgehead atoms. The highest BCUT2D eigenvalue weighted by Crippen LogP contribution is 2.36. The number of carbonyl (C=O) groups excluding carboxylic acids is 1. The number of nitro benzene ring substituents is 2. The van der Waals surface area contributed by atoms with E-state index in [0.717, 1.165) is 29.5 Å². The molecule has 0 radical (unpaired) electrons. The fraction of sp³-hybridized carbons (Fsp3) is 0.107. The molecular weight excluding hydrogens is 552 g/mol. The Balaban J connectivity index is 1.64. The van der Waals surface area contributed by atoms with Crippen LogP contribution in [0.4, 0.5) is 11.4 Å². The van der Waals surface area contributed by atoms with Gasteiger partial charge in [-0.3, -0.25) is 29.6 Å². The van der Waals surface area contributed by atoms with Crippen LogP contribution in [-0.2, 0) is 9.53 Å². The number of esters is 1. The number of para-hydroxylation sites is 1. The lowest BCUT2D eigenvalue weighted by Gasteiger charge is -2.24. The van der Waals surface area contributed by atoms with Crippen molar-refractivity contribution < 1.29 is 24.1 Å². The summed E-state index contributed by atoms with van der Waals surface area (Å²) in [5, 5.41) is 22.7. The number of carbonyl (C=O) groups is 1. The van der Waals surface area contributed by atoms with Crippen molar-refractivity contribution in [3.63, 3.8) is 0 Å². The molecule has 12 nitrogen and oxygen atoms in total. The Morgan fingerprint density at radius 1 is 1.00 bits per heavy atom. The maximum atomic E-state index is 13.8. The van der Waals surface area contributed by atoms with Crippen molar-refractivity contribution in [3.05, 3.63) is 135 Å². The molecule has 206 valence electrons. The number of fused-ring (bicyclic) bond motifs is 1. The van der Waals surface area contributed by atoms with Crippen LogP contribution in [0.25, 0.3) is 6.08 Å². The molecule has 0 aliphatic carbocycles. The lowest BCUT2D eigenvalue weighted by molar-refractivity contribution is -0.394. The minimum atomic E-state index is -0.770. The molecule has 41 heavy (non-hydrogen) atoms. The van der Waals surface area contributed by atoms with Crippen LogP contribution in [0.1, 0.15) is 24.1 Å². The molecule has 0 spiro atoms. The monoisotopic (exact) mass is 572 g/mol. The SMILES string of the molecule is COC(=O)C1=C(C)N=c2sc(=Cc3ccccc3Oc3ccc([N+](=O)[O-])cc3[N+](=O)[O-])c(=O)n2C1c1ccccc1. The van der Waals surface area contributed by atoms with Crippen molar-refractivity contribution in [2.45, 2.75) is 13.0 Å². The Morgan fingerprint density at radius 2 is 1.71 bits per heavy atom. The van der Waals surface area contributed by atoms with Gasteiger partial charge in [0.05, 0.1) is 44.9 Å². The van der Waals surface area contributed by atoms with Crippen LogP contribution in [0, 0.1) is 20.2 Å². The van der Waals surface area contributed by atoms with Crippen LogP contribution in [0.15, 0.2) is 93.9 Å². The van der Waals surface area contributed by atoms with Gasteiger partial charge in [-0.2, -0.15) is 0 Å². The molecule has 2 heterocycles. The number of hydrogen-bond acceptors (Lipinski definition) is 10. The highest BCUT2D eigenvalue weighted by molar-refractivity contribution is 7.07. The Morgan fingerprint density at radius 3 is 2.39 bits per heavy atom. The third-order valence-electron chi connectivity index (χ3n) is 6.32. The van der Waals surface area contributed by atoms with Crippen molar-refractivity contribution in [1.29, 1.82) is 0 Å². The number of rotatable bonds is 7. The molecule has 1 aromatic heterocycles. The smallest absolute Gasteiger partial charge is 0.338 e. The minimum Gasteiger partial charge on any atom is -0.466 e. The van der Waals surface area contributed by atoms with E-state index in [2.05, 4.69) is 4.99 Å². The Labute approximate surface area is 235 Å². The molecular formula is C28H20N4O8S. The molecule has 0 fully saturated rings. The van der Waals surface area contributed by atoms with Gasteiger partial charge in [-0.05, 0) is 30.7 Å². The summed E-state index contributed by atoms with van der Waals surface area (Å²) in [5.74, 6) is -0.621. The van der Waals surface area contributed by atoms with E-state index in [1.807, 2.05) is 18.2 Å². The summed E-state index contributed by atoms with van der Waals surface area (Å²) >= 11 is 1.11. The molecule has 1 aliphatic heterocycles. The molecule has 5 rings (SSSR count). The first-order chi connectivity index (χ1) is 19.7. The van der Waals surface area contributed by atoms with Gasteiger partial charge in [0, 0.05) is 11.6 Å². The van der Waals surface area contributed by atoms with Crippen molar-refractivity contribution >= 4 is 34.8 Å². The zero-order chi connectivity index (χ0) is 29.3. The number of nitro groups is 2. The van der Waals surface area contributed by atoms with Crippen molar-refractivity contribution in [2.75, 3.05) is 7.11 Å². The summed E-state index contributed by atoms with van der Waals surface area (Å²) < 4.78 is 12.6. The maximum Gasteiger partial charge on any atom is 0.338 e. The standard InChI is InChI=1S/C28H20N4O8S/c1-16-24(27(34)39-2)25(17-8-4-3-5-9-17)30-26(33)23(41-28(30)29-16)14-18-10-6-7-11-21(18)40-22-13-12-19(31(35)36)15-20(22)32(37)38/h3-15,25H,1-2H3. The van der Waals surface area contributed by atoms with Crippen molar-refractivity contribution in [3.8, 4) is 11.5 Å². The van der Waals surface area contributed by atoms with Gasteiger partial charge in [0.1, 0.15) is 5.75 Å². The number of aromatic nitrogens is 1. The fourth-order valence-corrected chi connectivity index (χ4v) is 5.48. The van der Waals surface area contributed by atoms with Gasteiger partial charge >= 0.3 is 11.7 Å². The normalized spacial score (nSPS) is 14.7. The second-order valence-electron chi connectivity index (χ2n) is 8.79. The summed E-state index contributed by atoms with van der Waals surface area (Å²) in [7, 11) is 1.27. The molecule has 4 aromatic rings. The number of allylic oxidation sites excluding steroid dienone is 1. The molecule has 0 amide bonds. The number of thiazole rings is 1. The molecule has 1 atom stereocenters. The van der Waals surface area contributed by atoms with E-state index in [1.54, 1.807) is 49.4 Å². The quantitative estimate of drug-likeness (QED) is 0.183. The highest BCUT2D eigenvalue weighted by Gasteiger charge is 2.33. The second-order valence-corrected chi connectivity index (χ2v) is 9.80. The first kappa shape index (κ1) is 27.1. The van der Waals surface area contributed by atoms with Crippen LogP contribution in [-0.4, -0.2) is 27.5 Å². The average Bonchev–Trinajstić information content (AvgIpc) is 3.27. The number of hydrogen-bond donors (Lipinski definition) is 0. The topological polar surface area (TPSA) is 156 Å². The lowest BCUT2D eigenvalue weighted by atomic mass is 9.96. The second kappa shape index (κ2) is 11.0. The number of benzene rings is 3. The molecule has 1 aliphatic rings. The first-order valence-electron chi connectivity index (χ1n) is 12.0. The summed E-state index contributed by atoms with van der Waals surface area (Å²) in [4.78, 5) is 52.6. The Hall–Kier alpha value is -5.43. The molecule has 0 saturated carbocycles. The third-order valence-corrected chi connectivity index (χ3v) is 7.30. The summed E-state index contributed by atoms with van der Waals surface area (Å²) in [6.45, 7) is 1.68. The van der Waals surface area contributed by atoms with E-state index in [1.165, 1.54) is 11.7 Å². The predicted molar refractivity (Wildman–Crippen MR) is 148 cm³/mol. The van der Waals surface area contributed by atoms with Crippen LogP contribution >= 0.6 is 11.3 Å². The van der Waals surface area contributed by atoms with Gasteiger partial charge in [-0.1, -0.05) is 59.9 Å². The molecule has 13 heteroatoms. The van der Waals surface area contributed by atoms with Gasteiger partial charge in [0.2, 0.25) is 5.75 Å². The number of nitrogens with zero attached hydrogens (tertiary/aromatic N) is 4. The van der Waals surface area contributed by atoms with Crippen molar-refractivity contribution in [2.24, 2.45) is 4.99 Å². The van der Waals surface area contributed by atoms with Gasteiger partial charge < -0.3 is 9.47 Å². The Kier molecular flexibility index (Phi) is 7.27. The van der Waals surface area contributed by atoms with E-state index >= 15 is 0 Å². The van der Waals surface area contributed by atoms with E-state index in [4.69, 9.17) is 9.47 Å². The van der Waals surface area contributed by atoms with Crippen molar-refractivity contribution in [1.82, 2.24) is 4.57 Å². The van der Waals surface area contributed by atoms with E-state index < -0.39 is 38.8 Å². The molecule has 0 saturated heterocycles. The number of methoxy groups -OCH3 is 1. The molecule has 1 unspecified atom stereocenters. The zero-order valence-electron chi connectivity index (χ0n) is 21.5. The maximum absolute atomic E-state index is 13.8. The number of ether oxygens (including phenoxy) is 2. The van der Waals surface area contributed by atoms with Gasteiger partial charge in [-0.15, -0.1) is 0 Å². The van der Waals surface area contributed by atoms with E-state index in [0.29, 0.717) is 21.6 Å². The minimum absolute atomic E-state index is 0.182. The van der Waals surface area contributed by atoms with E-state index in [9.17, 15) is 29.8 Å². The van der Waals surface area contributed by atoms with Gasteiger partial charge in [-0.25, -0.2) is 9.79 Å². The number of non-ortho nitro benzene ring substituents is 1. The van der Waals surface area contributed by atoms with Crippen LogP contribution in [0.2, 0.25) is 0 Å².